The molecule has 0 bridgehead atoms. The van der Waals surface area contributed by atoms with Crippen LogP contribution >= 0.6 is 0 Å². The van der Waals surface area contributed by atoms with E-state index in [4.69, 9.17) is 0 Å². The predicted molar refractivity (Wildman–Crippen MR) is 72.6 cm³/mol. The highest BCUT2D eigenvalue weighted by Gasteiger charge is 2.08. The van der Waals surface area contributed by atoms with Gasteiger partial charge < -0.3 is 5.11 Å². The minimum atomic E-state index is 0.408. The molecule has 0 amide bonds. The van der Waals surface area contributed by atoms with Crippen molar-refractivity contribution >= 4 is 21.5 Å². The normalized spacial score (nSPS) is 11.2. The molecule has 0 aliphatic heterocycles. The van der Waals surface area contributed by atoms with Crippen molar-refractivity contribution in [3.05, 3.63) is 53.6 Å². The number of hydrogen-bond donors (Lipinski definition) is 1. The lowest BCUT2D eigenvalue weighted by atomic mass is 9.96. The quantitative estimate of drug-likeness (QED) is 0.562. The lowest BCUT2D eigenvalue weighted by Crippen LogP contribution is -1.85. The second-order valence-corrected chi connectivity index (χ2v) is 4.55. The van der Waals surface area contributed by atoms with Crippen molar-refractivity contribution in [1.82, 2.24) is 0 Å². The average Bonchev–Trinajstić information content (AvgIpc) is 2.36. The van der Waals surface area contributed by atoms with Gasteiger partial charge >= 0.3 is 0 Å². The molecule has 0 saturated carbocycles. The van der Waals surface area contributed by atoms with Gasteiger partial charge in [-0.1, -0.05) is 42.5 Å². The fourth-order valence-corrected chi connectivity index (χ4v) is 2.37. The van der Waals surface area contributed by atoms with E-state index in [1.165, 1.54) is 10.8 Å². The number of phenols is 1. The Kier molecular flexibility index (Phi) is 2.08. The summed E-state index contributed by atoms with van der Waals surface area (Å²) in [6, 6.07) is 14.5. The van der Waals surface area contributed by atoms with E-state index < -0.39 is 0 Å². The van der Waals surface area contributed by atoms with Gasteiger partial charge in [0.1, 0.15) is 5.75 Å². The topological polar surface area (TPSA) is 20.2 Å². The summed E-state index contributed by atoms with van der Waals surface area (Å²) in [7, 11) is 0. The summed E-state index contributed by atoms with van der Waals surface area (Å²) < 4.78 is 0. The summed E-state index contributed by atoms with van der Waals surface area (Å²) >= 11 is 0. The summed E-state index contributed by atoms with van der Waals surface area (Å²) in [4.78, 5) is 0. The smallest absolute Gasteiger partial charge is 0.126 e. The average molecular weight is 222 g/mol. The number of phenolic OH excluding ortho intramolecular Hbond substituents is 1. The Hall–Kier alpha value is -2.02. The molecule has 0 fully saturated rings. The highest BCUT2D eigenvalue weighted by Crippen LogP contribution is 2.35. The van der Waals surface area contributed by atoms with Crippen LogP contribution in [0.5, 0.6) is 5.75 Å². The molecule has 1 N–H and O–H groups in total. The van der Waals surface area contributed by atoms with Crippen molar-refractivity contribution in [2.45, 2.75) is 13.8 Å². The first-order chi connectivity index (χ1) is 8.18. The molecule has 17 heavy (non-hydrogen) atoms. The first kappa shape index (κ1) is 10.2. The van der Waals surface area contributed by atoms with Crippen molar-refractivity contribution in [1.29, 1.82) is 0 Å². The van der Waals surface area contributed by atoms with E-state index in [0.717, 1.165) is 21.9 Å². The molecule has 0 saturated heterocycles. The number of fused-ring (bicyclic) bond motifs is 3. The number of benzene rings is 3. The summed E-state index contributed by atoms with van der Waals surface area (Å²) in [5, 5.41) is 14.7. The molecule has 0 radical (unpaired) electrons. The highest BCUT2D eigenvalue weighted by atomic mass is 16.3. The van der Waals surface area contributed by atoms with Crippen LogP contribution in [-0.2, 0) is 0 Å². The fourth-order valence-electron chi connectivity index (χ4n) is 2.37. The third kappa shape index (κ3) is 1.39. The summed E-state index contributed by atoms with van der Waals surface area (Å²) in [5.74, 6) is 0.408. The Labute approximate surface area is 100 Å². The van der Waals surface area contributed by atoms with Crippen LogP contribution < -0.4 is 0 Å². The van der Waals surface area contributed by atoms with Gasteiger partial charge in [-0.25, -0.2) is 0 Å². The minimum Gasteiger partial charge on any atom is -0.507 e. The molecule has 0 heterocycles. The molecule has 0 spiro atoms. The van der Waals surface area contributed by atoms with Gasteiger partial charge in [-0.3, -0.25) is 0 Å². The number of rotatable bonds is 0. The lowest BCUT2D eigenvalue weighted by molar-refractivity contribution is 0.477. The molecular formula is C16H14O. The number of aryl methyl sites for hydroxylation is 1. The van der Waals surface area contributed by atoms with Crippen LogP contribution in [0.2, 0.25) is 0 Å². The third-order valence-electron chi connectivity index (χ3n) is 3.53. The minimum absolute atomic E-state index is 0.408. The Morgan fingerprint density at radius 2 is 1.59 bits per heavy atom. The van der Waals surface area contributed by atoms with E-state index in [1.807, 2.05) is 32.0 Å². The summed E-state index contributed by atoms with van der Waals surface area (Å²) in [6.07, 6.45) is 0. The predicted octanol–water partition coefficient (Wildman–Crippen LogP) is 4.32. The molecule has 1 heteroatoms. The Bertz CT molecular complexity index is 726. The first-order valence-corrected chi connectivity index (χ1v) is 5.79. The molecule has 0 aliphatic carbocycles. The second kappa shape index (κ2) is 3.49. The van der Waals surface area contributed by atoms with Crippen LogP contribution in [0.1, 0.15) is 11.1 Å². The second-order valence-electron chi connectivity index (χ2n) is 4.55. The van der Waals surface area contributed by atoms with Gasteiger partial charge in [0.2, 0.25) is 0 Å². The van der Waals surface area contributed by atoms with Gasteiger partial charge in [-0.05, 0) is 41.1 Å². The van der Waals surface area contributed by atoms with E-state index in [9.17, 15) is 5.11 Å². The summed E-state index contributed by atoms with van der Waals surface area (Å²) in [5.41, 5.74) is 2.10. The Morgan fingerprint density at radius 1 is 0.824 bits per heavy atom. The van der Waals surface area contributed by atoms with E-state index in [-0.39, 0.29) is 0 Å². The van der Waals surface area contributed by atoms with Crippen LogP contribution in [0, 0.1) is 13.8 Å². The molecule has 0 atom stereocenters. The molecular weight excluding hydrogens is 208 g/mol. The highest BCUT2D eigenvalue weighted by molar-refractivity contribution is 6.09. The van der Waals surface area contributed by atoms with Crippen LogP contribution in [0.4, 0.5) is 0 Å². The number of aromatic hydroxyl groups is 1. The maximum Gasteiger partial charge on any atom is 0.126 e. The lowest BCUT2D eigenvalue weighted by Gasteiger charge is -2.10. The van der Waals surface area contributed by atoms with Crippen LogP contribution in [0.25, 0.3) is 21.5 Å². The van der Waals surface area contributed by atoms with Crippen molar-refractivity contribution in [2.75, 3.05) is 0 Å². The van der Waals surface area contributed by atoms with Gasteiger partial charge in [-0.15, -0.1) is 0 Å². The molecule has 84 valence electrons. The van der Waals surface area contributed by atoms with E-state index in [0.29, 0.717) is 5.75 Å². The monoisotopic (exact) mass is 222 g/mol. The molecule has 3 rings (SSSR count). The molecule has 0 unspecified atom stereocenters. The van der Waals surface area contributed by atoms with Gasteiger partial charge in [0.15, 0.2) is 0 Å². The molecule has 0 aliphatic rings. The van der Waals surface area contributed by atoms with Gasteiger partial charge in [0.25, 0.3) is 0 Å². The van der Waals surface area contributed by atoms with Gasteiger partial charge in [0, 0.05) is 5.39 Å². The molecule has 1 nitrogen and oxygen atoms in total. The zero-order chi connectivity index (χ0) is 12.0. The molecule has 0 aromatic heterocycles. The van der Waals surface area contributed by atoms with E-state index in [2.05, 4.69) is 24.3 Å². The van der Waals surface area contributed by atoms with Gasteiger partial charge in [-0.2, -0.15) is 0 Å². The summed E-state index contributed by atoms with van der Waals surface area (Å²) in [6.45, 7) is 4.00. The molecule has 3 aromatic carbocycles. The van der Waals surface area contributed by atoms with Crippen molar-refractivity contribution < 1.29 is 5.11 Å². The maximum absolute atomic E-state index is 10.2. The zero-order valence-electron chi connectivity index (χ0n) is 9.99. The number of hydrogen-bond acceptors (Lipinski definition) is 1. The van der Waals surface area contributed by atoms with Gasteiger partial charge in [0.05, 0.1) is 0 Å². The standard InChI is InChI=1S/C16H14O/c1-10-9-15-13-6-4-3-5-12(13)7-8-14(15)16(17)11(10)2/h3-9,17H,1-2H3. The molecule has 3 aromatic rings. The van der Waals surface area contributed by atoms with Crippen molar-refractivity contribution in [3.63, 3.8) is 0 Å². The zero-order valence-corrected chi connectivity index (χ0v) is 9.99. The Balaban J connectivity index is 2.59. The SMILES string of the molecule is Cc1cc2c(ccc3ccccc32)c(O)c1C. The van der Waals surface area contributed by atoms with E-state index >= 15 is 0 Å². The van der Waals surface area contributed by atoms with Crippen molar-refractivity contribution in [2.24, 2.45) is 0 Å². The van der Waals surface area contributed by atoms with Crippen LogP contribution in [0.15, 0.2) is 42.5 Å². The Morgan fingerprint density at radius 3 is 2.41 bits per heavy atom. The fraction of sp³-hybridized carbons (Fsp3) is 0.125. The van der Waals surface area contributed by atoms with Crippen LogP contribution in [0.3, 0.4) is 0 Å². The first-order valence-electron chi connectivity index (χ1n) is 5.79. The third-order valence-corrected chi connectivity index (χ3v) is 3.53. The maximum atomic E-state index is 10.2. The largest absolute Gasteiger partial charge is 0.507 e. The van der Waals surface area contributed by atoms with E-state index in [1.54, 1.807) is 0 Å². The van der Waals surface area contributed by atoms with Crippen molar-refractivity contribution in [3.8, 4) is 5.75 Å². The van der Waals surface area contributed by atoms with Crippen LogP contribution in [-0.4, -0.2) is 5.11 Å².